The number of benzene rings is 1. The third-order valence-electron chi connectivity index (χ3n) is 5.06. The molecule has 0 bridgehead atoms. The van der Waals surface area contributed by atoms with E-state index < -0.39 is 48.1 Å². The minimum atomic E-state index is -4.77. The highest BCUT2D eigenvalue weighted by molar-refractivity contribution is 5.53. The van der Waals surface area contributed by atoms with Gasteiger partial charge in [-0.1, -0.05) is 12.2 Å². The number of hydrogen-bond acceptors (Lipinski definition) is 6. The largest absolute Gasteiger partial charge is 0.416 e. The van der Waals surface area contributed by atoms with Gasteiger partial charge in [0.1, 0.15) is 36.6 Å². The predicted octanol–water partition coefficient (Wildman–Crippen LogP) is 3.51. The van der Waals surface area contributed by atoms with Crippen LogP contribution in [0, 0.1) is 19.7 Å². The lowest BCUT2D eigenvalue weighted by Crippen LogP contribution is -2.35. The molecule has 32 heavy (non-hydrogen) atoms. The van der Waals surface area contributed by atoms with Crippen molar-refractivity contribution >= 4 is 6.08 Å². The molecule has 1 aliphatic heterocycles. The van der Waals surface area contributed by atoms with Crippen molar-refractivity contribution in [2.75, 3.05) is 0 Å². The normalized spacial score (nSPS) is 24.3. The van der Waals surface area contributed by atoms with Crippen molar-refractivity contribution in [2.45, 2.75) is 64.4 Å². The Kier molecular flexibility index (Phi) is 8.47. The van der Waals surface area contributed by atoms with Crippen LogP contribution >= 0.6 is 0 Å². The van der Waals surface area contributed by atoms with Crippen LogP contribution in [0.1, 0.15) is 48.0 Å². The van der Waals surface area contributed by atoms with Crippen LogP contribution in [0.25, 0.3) is 6.08 Å². The maximum atomic E-state index is 13.3. The zero-order chi connectivity index (χ0) is 24.2. The molecule has 1 aromatic heterocycles. The molecule has 6 nitrogen and oxygen atoms in total. The first-order valence-corrected chi connectivity index (χ1v) is 9.85. The van der Waals surface area contributed by atoms with Crippen molar-refractivity contribution in [3.63, 3.8) is 0 Å². The number of aromatic nitrogens is 2. The van der Waals surface area contributed by atoms with E-state index in [4.69, 9.17) is 4.74 Å². The third kappa shape index (κ3) is 6.10. The van der Waals surface area contributed by atoms with Crippen LogP contribution in [-0.2, 0) is 10.9 Å². The highest BCUT2D eigenvalue weighted by Crippen LogP contribution is 2.35. The van der Waals surface area contributed by atoms with Gasteiger partial charge in [-0.3, -0.25) is 0 Å². The summed E-state index contributed by atoms with van der Waals surface area (Å²) in [6.45, 7) is 7.41. The Hall–Kier alpha value is -2.40. The van der Waals surface area contributed by atoms with E-state index in [1.165, 1.54) is 6.92 Å². The molecular weight excluding hydrogens is 432 g/mol. The van der Waals surface area contributed by atoms with Gasteiger partial charge in [-0.2, -0.15) is 13.2 Å². The molecule has 3 N–H and O–H groups in total. The van der Waals surface area contributed by atoms with E-state index in [-0.39, 0.29) is 5.56 Å². The molecule has 1 aliphatic rings. The van der Waals surface area contributed by atoms with Crippen LogP contribution in [-0.4, -0.2) is 49.7 Å². The molecule has 5 atom stereocenters. The fraction of sp³-hybridized carbons (Fsp3) is 0.455. The first kappa shape index (κ1) is 25.9. The average molecular weight is 458 g/mol. The lowest BCUT2D eigenvalue weighted by molar-refractivity contribution is -0.138. The van der Waals surface area contributed by atoms with Gasteiger partial charge in [0.25, 0.3) is 0 Å². The van der Waals surface area contributed by atoms with Gasteiger partial charge in [0.05, 0.1) is 11.7 Å². The number of aliphatic hydroxyl groups is 3. The number of halogens is 4. The highest BCUT2D eigenvalue weighted by atomic mass is 19.4. The number of alkyl halides is 3. The lowest BCUT2D eigenvalue weighted by atomic mass is 9.97. The number of aryl methyl sites for hydroxylation is 2. The minimum Gasteiger partial charge on any atom is -0.388 e. The Morgan fingerprint density at radius 2 is 1.66 bits per heavy atom. The van der Waals surface area contributed by atoms with Gasteiger partial charge < -0.3 is 20.1 Å². The van der Waals surface area contributed by atoms with Gasteiger partial charge in [0.2, 0.25) is 0 Å². The molecular formula is C22H26F4N2O4. The topological polar surface area (TPSA) is 95.7 Å². The smallest absolute Gasteiger partial charge is 0.388 e. The maximum Gasteiger partial charge on any atom is 0.416 e. The molecule has 1 fully saturated rings. The summed E-state index contributed by atoms with van der Waals surface area (Å²) in [5.74, 6) is -1.17. The molecule has 0 saturated carbocycles. The Labute approximate surface area is 183 Å². The van der Waals surface area contributed by atoms with E-state index in [0.29, 0.717) is 12.1 Å². The van der Waals surface area contributed by atoms with Crippen molar-refractivity contribution in [1.82, 2.24) is 9.97 Å². The second kappa shape index (κ2) is 10.5. The van der Waals surface area contributed by atoms with Crippen LogP contribution < -0.4 is 0 Å². The molecule has 10 heteroatoms. The van der Waals surface area contributed by atoms with E-state index in [1.807, 2.05) is 32.9 Å². The lowest BCUT2D eigenvalue weighted by Gasteiger charge is -2.22. The standard InChI is InChI=1S/C13H14F4O4.C9H12N2/c1-5-9(18)11(20)12(21-5)10(19)6-2-7(13(15,16)17)4-8(14)3-6;1-4-5-9-7(2)10-6-11-8(9)3/h2-5,9-12,18-20H,1H3;4-6H,1-3H3/b;5-4-. The van der Waals surface area contributed by atoms with Crippen LogP contribution in [0.2, 0.25) is 0 Å². The quantitative estimate of drug-likeness (QED) is 0.610. The molecule has 0 spiro atoms. The molecule has 1 aromatic carbocycles. The predicted molar refractivity (Wildman–Crippen MR) is 109 cm³/mol. The number of ether oxygens (including phenoxy) is 1. The minimum absolute atomic E-state index is 0.305. The number of aliphatic hydroxyl groups excluding tert-OH is 3. The van der Waals surface area contributed by atoms with Crippen molar-refractivity contribution in [3.8, 4) is 0 Å². The Morgan fingerprint density at radius 1 is 1.06 bits per heavy atom. The highest BCUT2D eigenvalue weighted by Gasteiger charge is 2.44. The fourth-order valence-electron chi connectivity index (χ4n) is 3.29. The fourth-order valence-corrected chi connectivity index (χ4v) is 3.29. The molecule has 5 unspecified atom stereocenters. The summed E-state index contributed by atoms with van der Waals surface area (Å²) in [7, 11) is 0. The van der Waals surface area contributed by atoms with Gasteiger partial charge in [-0.25, -0.2) is 14.4 Å². The molecule has 0 amide bonds. The van der Waals surface area contributed by atoms with Gasteiger partial charge in [-0.15, -0.1) is 0 Å². The molecule has 2 aromatic rings. The molecule has 1 saturated heterocycles. The van der Waals surface area contributed by atoms with Crippen LogP contribution in [0.15, 0.2) is 30.6 Å². The zero-order valence-corrected chi connectivity index (χ0v) is 18.0. The van der Waals surface area contributed by atoms with Crippen LogP contribution in [0.5, 0.6) is 0 Å². The van der Waals surface area contributed by atoms with Gasteiger partial charge in [-0.05, 0) is 51.5 Å². The van der Waals surface area contributed by atoms with Crippen molar-refractivity contribution < 1.29 is 37.6 Å². The Bertz CT molecular complexity index is 932. The zero-order valence-electron chi connectivity index (χ0n) is 18.0. The maximum absolute atomic E-state index is 13.3. The summed E-state index contributed by atoms with van der Waals surface area (Å²) in [6.07, 6.45) is -5.73. The monoisotopic (exact) mass is 458 g/mol. The summed E-state index contributed by atoms with van der Waals surface area (Å²) < 4.78 is 56.3. The second-order valence-corrected chi connectivity index (χ2v) is 7.46. The number of nitrogens with zero attached hydrogens (tertiary/aromatic N) is 2. The van der Waals surface area contributed by atoms with Crippen LogP contribution in [0.3, 0.4) is 0 Å². The summed E-state index contributed by atoms with van der Waals surface area (Å²) in [5, 5.41) is 29.2. The van der Waals surface area contributed by atoms with E-state index in [1.54, 1.807) is 6.33 Å². The molecule has 0 aliphatic carbocycles. The molecule has 2 heterocycles. The Balaban J connectivity index is 0.000000278. The van der Waals surface area contributed by atoms with E-state index >= 15 is 0 Å². The van der Waals surface area contributed by atoms with E-state index in [9.17, 15) is 32.9 Å². The third-order valence-corrected chi connectivity index (χ3v) is 5.06. The van der Waals surface area contributed by atoms with E-state index in [2.05, 4.69) is 9.97 Å². The Morgan fingerprint density at radius 3 is 2.12 bits per heavy atom. The van der Waals surface area contributed by atoms with E-state index in [0.717, 1.165) is 23.0 Å². The second-order valence-electron chi connectivity index (χ2n) is 7.46. The van der Waals surface area contributed by atoms with Gasteiger partial charge in [0.15, 0.2) is 0 Å². The van der Waals surface area contributed by atoms with Crippen molar-refractivity contribution in [3.05, 3.63) is 64.5 Å². The first-order valence-electron chi connectivity index (χ1n) is 9.85. The molecule has 0 radical (unpaired) electrons. The number of allylic oxidation sites excluding steroid dienone is 1. The van der Waals surface area contributed by atoms with Gasteiger partial charge in [0, 0.05) is 17.0 Å². The summed E-state index contributed by atoms with van der Waals surface area (Å²) in [4.78, 5) is 8.19. The van der Waals surface area contributed by atoms with Crippen LogP contribution in [0.4, 0.5) is 17.6 Å². The summed E-state index contributed by atoms with van der Waals surface area (Å²) >= 11 is 0. The van der Waals surface area contributed by atoms with Crippen molar-refractivity contribution in [1.29, 1.82) is 0 Å². The summed E-state index contributed by atoms with van der Waals surface area (Å²) in [6, 6.07) is 1.62. The van der Waals surface area contributed by atoms with Crippen molar-refractivity contribution in [2.24, 2.45) is 0 Å². The molecule has 3 rings (SSSR count). The summed E-state index contributed by atoms with van der Waals surface area (Å²) in [5.41, 5.74) is 1.58. The first-order chi connectivity index (χ1) is 14.9. The van der Waals surface area contributed by atoms with Gasteiger partial charge >= 0.3 is 6.18 Å². The number of hydrogen-bond donors (Lipinski definition) is 3. The number of rotatable bonds is 3. The average Bonchev–Trinajstić information content (AvgIpc) is 2.97. The molecule has 176 valence electrons. The SMILES string of the molecule is C/C=C\c1c(C)ncnc1C.CC1OC(C(O)c2cc(F)cc(C(F)(F)F)c2)C(O)C1O.